The van der Waals surface area contributed by atoms with Gasteiger partial charge in [-0.05, 0) is 6.92 Å². The van der Waals surface area contributed by atoms with E-state index in [1.807, 2.05) is 17.9 Å². The van der Waals surface area contributed by atoms with Gasteiger partial charge >= 0.3 is 6.18 Å². The molecule has 1 fully saturated rings. The van der Waals surface area contributed by atoms with E-state index in [1.165, 1.54) is 17.9 Å². The molecule has 1 N–H and O–H groups in total. The SMILES string of the molecule is CN=C(NCc1cn(C)nc1C(F)(F)F)N1CCN(Cc2cc(C)on2)CC1. The average molecular weight is 399 g/mol. The van der Waals surface area contributed by atoms with Crippen LogP contribution in [0.25, 0.3) is 0 Å². The second-order valence-corrected chi connectivity index (χ2v) is 6.77. The second kappa shape index (κ2) is 8.21. The van der Waals surface area contributed by atoms with Crippen LogP contribution in [-0.2, 0) is 26.3 Å². The minimum absolute atomic E-state index is 0.00773. The van der Waals surface area contributed by atoms with E-state index in [9.17, 15) is 13.2 Å². The minimum Gasteiger partial charge on any atom is -0.361 e. The summed E-state index contributed by atoms with van der Waals surface area (Å²) in [5.41, 5.74) is 0.117. The van der Waals surface area contributed by atoms with Crippen molar-refractivity contribution in [3.8, 4) is 0 Å². The van der Waals surface area contributed by atoms with Gasteiger partial charge in [-0.1, -0.05) is 5.16 Å². The molecular formula is C17H24F3N7O. The Morgan fingerprint density at radius 2 is 2.00 bits per heavy atom. The Kier molecular flexibility index (Phi) is 5.92. The number of hydrogen-bond acceptors (Lipinski definition) is 5. The lowest BCUT2D eigenvalue weighted by Gasteiger charge is -2.36. The molecule has 154 valence electrons. The Hall–Kier alpha value is -2.56. The molecule has 2 aromatic heterocycles. The zero-order valence-electron chi connectivity index (χ0n) is 16.1. The summed E-state index contributed by atoms with van der Waals surface area (Å²) >= 11 is 0. The van der Waals surface area contributed by atoms with Crippen LogP contribution in [0, 0.1) is 6.92 Å². The lowest BCUT2D eigenvalue weighted by molar-refractivity contribution is -0.142. The molecular weight excluding hydrogens is 375 g/mol. The van der Waals surface area contributed by atoms with E-state index in [2.05, 4.69) is 25.5 Å². The van der Waals surface area contributed by atoms with E-state index in [4.69, 9.17) is 4.52 Å². The molecule has 11 heteroatoms. The van der Waals surface area contributed by atoms with Crippen LogP contribution < -0.4 is 5.32 Å². The van der Waals surface area contributed by atoms with Crippen LogP contribution in [0.3, 0.4) is 0 Å². The number of aromatic nitrogens is 3. The van der Waals surface area contributed by atoms with Gasteiger partial charge in [0.1, 0.15) is 5.76 Å². The van der Waals surface area contributed by atoms with Crippen molar-refractivity contribution in [3.05, 3.63) is 35.0 Å². The van der Waals surface area contributed by atoms with Crippen molar-refractivity contribution in [2.75, 3.05) is 33.2 Å². The molecule has 3 heterocycles. The summed E-state index contributed by atoms with van der Waals surface area (Å²) in [5, 5.41) is 10.6. The molecule has 0 amide bonds. The van der Waals surface area contributed by atoms with Gasteiger partial charge in [0.15, 0.2) is 11.7 Å². The zero-order chi connectivity index (χ0) is 20.3. The maximum absolute atomic E-state index is 13.1. The Labute approximate surface area is 161 Å². The van der Waals surface area contributed by atoms with Crippen molar-refractivity contribution < 1.29 is 17.7 Å². The molecule has 0 spiro atoms. The molecule has 0 saturated carbocycles. The molecule has 0 unspecified atom stereocenters. The van der Waals surface area contributed by atoms with Gasteiger partial charge in [-0.2, -0.15) is 18.3 Å². The van der Waals surface area contributed by atoms with E-state index in [1.54, 1.807) is 7.05 Å². The lowest BCUT2D eigenvalue weighted by atomic mass is 10.2. The van der Waals surface area contributed by atoms with E-state index in [-0.39, 0.29) is 12.1 Å². The van der Waals surface area contributed by atoms with E-state index in [0.29, 0.717) is 12.5 Å². The minimum atomic E-state index is -4.48. The summed E-state index contributed by atoms with van der Waals surface area (Å²) in [6.07, 6.45) is -3.10. The first-order valence-corrected chi connectivity index (χ1v) is 8.96. The monoisotopic (exact) mass is 399 g/mol. The summed E-state index contributed by atoms with van der Waals surface area (Å²) in [4.78, 5) is 8.50. The third kappa shape index (κ3) is 4.83. The van der Waals surface area contributed by atoms with Gasteiger partial charge in [0.2, 0.25) is 0 Å². The molecule has 28 heavy (non-hydrogen) atoms. The summed E-state index contributed by atoms with van der Waals surface area (Å²) < 4.78 is 45.5. The van der Waals surface area contributed by atoms with E-state index < -0.39 is 11.9 Å². The number of piperazine rings is 1. The van der Waals surface area contributed by atoms with Crippen LogP contribution in [0.4, 0.5) is 13.2 Å². The number of aliphatic imine (C=N–C) groups is 1. The van der Waals surface area contributed by atoms with E-state index >= 15 is 0 Å². The number of guanidine groups is 1. The number of alkyl halides is 3. The molecule has 1 aliphatic rings. The van der Waals surface area contributed by atoms with Crippen molar-refractivity contribution in [3.63, 3.8) is 0 Å². The Morgan fingerprint density at radius 3 is 2.57 bits per heavy atom. The summed E-state index contributed by atoms with van der Waals surface area (Å²) in [6, 6.07) is 1.92. The van der Waals surface area contributed by atoms with Crippen molar-refractivity contribution in [1.82, 2.24) is 30.1 Å². The van der Waals surface area contributed by atoms with Gasteiger partial charge < -0.3 is 14.7 Å². The topological polar surface area (TPSA) is 74.7 Å². The predicted molar refractivity (Wildman–Crippen MR) is 96.5 cm³/mol. The molecule has 0 atom stereocenters. The fraction of sp³-hybridized carbons (Fsp3) is 0.588. The first kappa shape index (κ1) is 20.2. The summed E-state index contributed by atoms with van der Waals surface area (Å²) in [6.45, 7) is 5.61. The van der Waals surface area contributed by atoms with Crippen LogP contribution in [0.5, 0.6) is 0 Å². The maximum atomic E-state index is 13.1. The van der Waals surface area contributed by atoms with Crippen molar-refractivity contribution in [2.24, 2.45) is 12.0 Å². The normalized spacial score (nSPS) is 16.6. The van der Waals surface area contributed by atoms with Crippen LogP contribution in [0.15, 0.2) is 21.8 Å². The molecule has 1 saturated heterocycles. The molecule has 0 radical (unpaired) electrons. The van der Waals surface area contributed by atoms with Gasteiger partial charge in [0.05, 0.1) is 5.69 Å². The molecule has 0 aliphatic carbocycles. The van der Waals surface area contributed by atoms with Crippen LogP contribution in [-0.4, -0.2) is 63.9 Å². The van der Waals surface area contributed by atoms with Gasteiger partial charge in [0.25, 0.3) is 0 Å². The fourth-order valence-corrected chi connectivity index (χ4v) is 3.25. The first-order valence-electron chi connectivity index (χ1n) is 8.96. The standard InChI is InChI=1S/C17H24F3N7O/c1-12-8-14(24-28-12)11-26-4-6-27(7-5-26)16(21-2)22-9-13-10-25(3)23-15(13)17(18,19)20/h8,10H,4-7,9,11H2,1-3H3,(H,21,22). The predicted octanol–water partition coefficient (Wildman–Crippen LogP) is 1.63. The summed E-state index contributed by atoms with van der Waals surface area (Å²) in [5.74, 6) is 1.36. The van der Waals surface area contributed by atoms with Crippen molar-refractivity contribution in [2.45, 2.75) is 26.2 Å². The smallest absolute Gasteiger partial charge is 0.361 e. The number of nitrogens with one attached hydrogen (secondary N) is 1. The Bertz CT molecular complexity index is 819. The number of halogens is 3. The molecule has 1 aliphatic heterocycles. The number of rotatable bonds is 4. The highest BCUT2D eigenvalue weighted by Gasteiger charge is 2.37. The number of hydrogen-bond donors (Lipinski definition) is 1. The Morgan fingerprint density at radius 1 is 1.29 bits per heavy atom. The van der Waals surface area contributed by atoms with Gasteiger partial charge in [-0.3, -0.25) is 14.6 Å². The number of aryl methyl sites for hydroxylation is 2. The zero-order valence-corrected chi connectivity index (χ0v) is 16.1. The highest BCUT2D eigenvalue weighted by atomic mass is 19.4. The third-order valence-corrected chi connectivity index (χ3v) is 4.56. The largest absolute Gasteiger partial charge is 0.435 e. The van der Waals surface area contributed by atoms with Gasteiger partial charge in [-0.15, -0.1) is 0 Å². The molecule has 8 nitrogen and oxygen atoms in total. The van der Waals surface area contributed by atoms with Crippen LogP contribution in [0.2, 0.25) is 0 Å². The third-order valence-electron chi connectivity index (χ3n) is 4.56. The lowest BCUT2D eigenvalue weighted by Crippen LogP contribution is -2.52. The van der Waals surface area contributed by atoms with Gasteiger partial charge in [-0.25, -0.2) is 0 Å². The van der Waals surface area contributed by atoms with Gasteiger partial charge in [0, 0.05) is 71.2 Å². The van der Waals surface area contributed by atoms with E-state index in [0.717, 1.165) is 37.6 Å². The molecule has 2 aromatic rings. The van der Waals surface area contributed by atoms with Crippen LogP contribution in [0.1, 0.15) is 22.7 Å². The molecule has 3 rings (SSSR count). The number of nitrogens with zero attached hydrogens (tertiary/aromatic N) is 6. The quantitative estimate of drug-likeness (QED) is 0.622. The maximum Gasteiger partial charge on any atom is 0.435 e. The summed E-state index contributed by atoms with van der Waals surface area (Å²) in [7, 11) is 3.10. The second-order valence-electron chi connectivity index (χ2n) is 6.77. The van der Waals surface area contributed by atoms with Crippen molar-refractivity contribution >= 4 is 5.96 Å². The Balaban J connectivity index is 1.54. The fourth-order valence-electron chi connectivity index (χ4n) is 3.25. The van der Waals surface area contributed by atoms with Crippen molar-refractivity contribution in [1.29, 1.82) is 0 Å². The van der Waals surface area contributed by atoms with Crippen LogP contribution >= 0.6 is 0 Å². The molecule has 0 bridgehead atoms. The molecule has 0 aromatic carbocycles. The highest BCUT2D eigenvalue weighted by molar-refractivity contribution is 5.80. The average Bonchev–Trinajstić information content (AvgIpc) is 3.22. The highest BCUT2D eigenvalue weighted by Crippen LogP contribution is 2.30. The first-order chi connectivity index (χ1) is 13.3.